The molecule has 3 atom stereocenters. The van der Waals surface area contributed by atoms with Gasteiger partial charge in [0.05, 0.1) is 31.3 Å². The number of morpholine rings is 1. The molecule has 2 aromatic heterocycles. The predicted octanol–water partition coefficient (Wildman–Crippen LogP) is 1.80. The molecule has 6 nitrogen and oxygen atoms in total. The third-order valence-corrected chi connectivity index (χ3v) is 4.72. The molecule has 0 radical (unpaired) electrons. The molecule has 0 bridgehead atoms. The van der Waals surface area contributed by atoms with Crippen LogP contribution in [0.4, 0.5) is 0 Å². The highest BCUT2D eigenvalue weighted by Crippen LogP contribution is 2.36. The van der Waals surface area contributed by atoms with Crippen molar-refractivity contribution in [1.82, 2.24) is 14.5 Å². The van der Waals surface area contributed by atoms with Gasteiger partial charge in [0.2, 0.25) is 0 Å². The van der Waals surface area contributed by atoms with Gasteiger partial charge in [-0.1, -0.05) is 0 Å². The summed E-state index contributed by atoms with van der Waals surface area (Å²) in [6.45, 7) is 2.12. The molecule has 0 spiro atoms. The van der Waals surface area contributed by atoms with Crippen LogP contribution in [0.15, 0.2) is 41.5 Å². The summed E-state index contributed by atoms with van der Waals surface area (Å²) in [5, 5.41) is 0. The largest absolute Gasteiger partial charge is 0.459 e. The molecule has 0 unspecified atom stereocenters. The second-order valence-corrected chi connectivity index (χ2v) is 5.98. The Morgan fingerprint density at radius 1 is 1.41 bits per heavy atom. The van der Waals surface area contributed by atoms with Gasteiger partial charge in [0.25, 0.3) is 5.91 Å². The standard InChI is InChI=1S/C16H19N3O3/c20-16(14-2-1-8-21-14)19-7-9-22-15-12(3-4-13(15)19)10-18-6-5-17-11-18/h1-2,5-6,8,11-13,15H,3-4,7,9-10H2/t12-,13-,15-/m1/s1. The molecule has 3 heterocycles. The average molecular weight is 301 g/mol. The van der Waals surface area contributed by atoms with E-state index >= 15 is 0 Å². The number of fused-ring (bicyclic) bond motifs is 1. The van der Waals surface area contributed by atoms with Crippen LogP contribution in [-0.2, 0) is 11.3 Å². The molecule has 2 aromatic rings. The number of aromatic nitrogens is 2. The molecule has 0 N–H and O–H groups in total. The van der Waals surface area contributed by atoms with E-state index in [0.29, 0.717) is 24.8 Å². The Morgan fingerprint density at radius 3 is 3.14 bits per heavy atom. The van der Waals surface area contributed by atoms with Crippen LogP contribution in [0.5, 0.6) is 0 Å². The number of carbonyl (C=O) groups is 1. The summed E-state index contributed by atoms with van der Waals surface area (Å²) in [5.41, 5.74) is 0. The Labute approximate surface area is 128 Å². The minimum atomic E-state index is -0.0217. The molecular formula is C16H19N3O3. The minimum absolute atomic E-state index is 0.0217. The van der Waals surface area contributed by atoms with Gasteiger partial charge in [-0.25, -0.2) is 4.98 Å². The minimum Gasteiger partial charge on any atom is -0.459 e. The van der Waals surface area contributed by atoms with Crippen LogP contribution in [-0.4, -0.2) is 45.7 Å². The summed E-state index contributed by atoms with van der Waals surface area (Å²) >= 11 is 0. The van der Waals surface area contributed by atoms with Gasteiger partial charge < -0.3 is 18.6 Å². The van der Waals surface area contributed by atoms with E-state index in [1.54, 1.807) is 24.6 Å². The van der Waals surface area contributed by atoms with Gasteiger partial charge in [-0.05, 0) is 25.0 Å². The van der Waals surface area contributed by atoms with Gasteiger partial charge in [0.15, 0.2) is 5.76 Å². The van der Waals surface area contributed by atoms with Gasteiger partial charge in [-0.3, -0.25) is 4.79 Å². The highest BCUT2D eigenvalue weighted by molar-refractivity contribution is 5.91. The van der Waals surface area contributed by atoms with Crippen molar-refractivity contribution in [2.45, 2.75) is 31.5 Å². The number of hydrogen-bond donors (Lipinski definition) is 0. The van der Waals surface area contributed by atoms with Crippen LogP contribution >= 0.6 is 0 Å². The molecule has 22 heavy (non-hydrogen) atoms. The maximum atomic E-state index is 12.6. The van der Waals surface area contributed by atoms with E-state index < -0.39 is 0 Å². The molecule has 1 saturated carbocycles. The quantitative estimate of drug-likeness (QED) is 0.867. The lowest BCUT2D eigenvalue weighted by molar-refractivity contribution is -0.0651. The highest BCUT2D eigenvalue weighted by atomic mass is 16.5. The van der Waals surface area contributed by atoms with E-state index in [-0.39, 0.29) is 18.1 Å². The number of amides is 1. The first-order chi connectivity index (χ1) is 10.8. The van der Waals surface area contributed by atoms with E-state index in [1.165, 1.54) is 0 Å². The molecule has 0 aromatic carbocycles. The predicted molar refractivity (Wildman–Crippen MR) is 78.2 cm³/mol. The summed E-state index contributed by atoms with van der Waals surface area (Å²) in [4.78, 5) is 18.6. The van der Waals surface area contributed by atoms with Gasteiger partial charge in [-0.2, -0.15) is 0 Å². The molecule has 1 aliphatic heterocycles. The first-order valence-electron chi connectivity index (χ1n) is 7.75. The van der Waals surface area contributed by atoms with Crippen molar-refractivity contribution in [3.63, 3.8) is 0 Å². The molecule has 1 saturated heterocycles. The topological polar surface area (TPSA) is 60.5 Å². The Balaban J connectivity index is 1.50. The fraction of sp³-hybridized carbons (Fsp3) is 0.500. The average Bonchev–Trinajstić information content (AvgIpc) is 3.29. The molecule has 1 aliphatic carbocycles. The number of nitrogens with zero attached hydrogens (tertiary/aromatic N) is 3. The third-order valence-electron chi connectivity index (χ3n) is 4.72. The maximum Gasteiger partial charge on any atom is 0.289 e. The van der Waals surface area contributed by atoms with Crippen LogP contribution in [0.3, 0.4) is 0 Å². The van der Waals surface area contributed by atoms with Crippen LogP contribution < -0.4 is 0 Å². The summed E-state index contributed by atoms with van der Waals surface area (Å²) in [7, 11) is 0. The normalized spacial score (nSPS) is 27.8. The second-order valence-electron chi connectivity index (χ2n) is 5.98. The van der Waals surface area contributed by atoms with E-state index in [4.69, 9.17) is 9.15 Å². The van der Waals surface area contributed by atoms with E-state index in [9.17, 15) is 4.79 Å². The second kappa shape index (κ2) is 5.61. The van der Waals surface area contributed by atoms with Gasteiger partial charge >= 0.3 is 0 Å². The van der Waals surface area contributed by atoms with Crippen molar-refractivity contribution < 1.29 is 13.9 Å². The van der Waals surface area contributed by atoms with Crippen LogP contribution in [0, 0.1) is 5.92 Å². The molecule has 1 amide bonds. The van der Waals surface area contributed by atoms with Crippen molar-refractivity contribution in [3.05, 3.63) is 42.9 Å². The molecule has 4 rings (SSSR count). The Kier molecular flexibility index (Phi) is 3.46. The lowest BCUT2D eigenvalue weighted by Crippen LogP contribution is -2.52. The first-order valence-corrected chi connectivity index (χ1v) is 7.75. The number of imidazole rings is 1. The number of carbonyl (C=O) groups excluding carboxylic acids is 1. The zero-order valence-electron chi connectivity index (χ0n) is 12.3. The van der Waals surface area contributed by atoms with Crippen molar-refractivity contribution in [2.75, 3.05) is 13.2 Å². The summed E-state index contributed by atoms with van der Waals surface area (Å²) in [6.07, 6.45) is 9.30. The number of rotatable bonds is 3. The van der Waals surface area contributed by atoms with Crippen LogP contribution in [0.25, 0.3) is 0 Å². The smallest absolute Gasteiger partial charge is 0.289 e. The number of furan rings is 1. The lowest BCUT2D eigenvalue weighted by Gasteiger charge is -2.39. The van der Waals surface area contributed by atoms with Crippen molar-refractivity contribution in [1.29, 1.82) is 0 Å². The van der Waals surface area contributed by atoms with Crippen molar-refractivity contribution >= 4 is 5.91 Å². The Hall–Kier alpha value is -2.08. The molecule has 6 heteroatoms. The third kappa shape index (κ3) is 2.33. The monoisotopic (exact) mass is 301 g/mol. The van der Waals surface area contributed by atoms with Crippen molar-refractivity contribution in [3.8, 4) is 0 Å². The van der Waals surface area contributed by atoms with Crippen LogP contribution in [0.2, 0.25) is 0 Å². The zero-order chi connectivity index (χ0) is 14.9. The van der Waals surface area contributed by atoms with Gasteiger partial charge in [0.1, 0.15) is 0 Å². The maximum absolute atomic E-state index is 12.6. The summed E-state index contributed by atoms with van der Waals surface area (Å²) in [5.74, 6) is 0.816. The fourth-order valence-electron chi connectivity index (χ4n) is 3.72. The summed E-state index contributed by atoms with van der Waals surface area (Å²) in [6, 6.07) is 3.63. The Morgan fingerprint density at radius 2 is 2.36 bits per heavy atom. The van der Waals surface area contributed by atoms with Gasteiger partial charge in [0, 0.05) is 31.4 Å². The number of ether oxygens (including phenoxy) is 1. The highest BCUT2D eigenvalue weighted by Gasteiger charge is 2.44. The lowest BCUT2D eigenvalue weighted by atomic mass is 10.0. The SMILES string of the molecule is O=C(c1ccco1)N1CCO[C@@H]2[C@@H](Cn3ccnc3)CC[C@H]21. The van der Waals surface area contributed by atoms with Crippen molar-refractivity contribution in [2.24, 2.45) is 5.92 Å². The zero-order valence-corrected chi connectivity index (χ0v) is 12.3. The molecule has 2 aliphatic rings. The first kappa shape index (κ1) is 13.6. The molecule has 116 valence electrons. The van der Waals surface area contributed by atoms with Gasteiger partial charge in [-0.15, -0.1) is 0 Å². The summed E-state index contributed by atoms with van der Waals surface area (Å²) < 4.78 is 13.4. The molecular weight excluding hydrogens is 282 g/mol. The fourth-order valence-corrected chi connectivity index (χ4v) is 3.72. The van der Waals surface area contributed by atoms with E-state index in [1.807, 2.05) is 17.4 Å². The Bertz CT molecular complexity index is 623. The van der Waals surface area contributed by atoms with Crippen LogP contribution in [0.1, 0.15) is 23.4 Å². The van der Waals surface area contributed by atoms with E-state index in [0.717, 1.165) is 19.4 Å². The molecule has 2 fully saturated rings. The van der Waals surface area contributed by atoms with E-state index in [2.05, 4.69) is 9.55 Å². The number of hydrogen-bond acceptors (Lipinski definition) is 4.